The third kappa shape index (κ3) is 2.56. The molecule has 0 amide bonds. The summed E-state index contributed by atoms with van der Waals surface area (Å²) in [4.78, 5) is 0. The Bertz CT molecular complexity index is 283. The largest absolute Gasteiger partial charge is 0.372 e. The van der Waals surface area contributed by atoms with E-state index in [-0.39, 0.29) is 12.1 Å². The van der Waals surface area contributed by atoms with Crippen molar-refractivity contribution in [2.75, 3.05) is 6.61 Å². The summed E-state index contributed by atoms with van der Waals surface area (Å²) >= 11 is 0. The molecular weight excluding hydrogens is 174 g/mol. The van der Waals surface area contributed by atoms with Gasteiger partial charge in [0, 0.05) is 12.6 Å². The van der Waals surface area contributed by atoms with E-state index >= 15 is 0 Å². The first-order valence-corrected chi connectivity index (χ1v) is 5.09. The van der Waals surface area contributed by atoms with Crippen molar-refractivity contribution in [3.63, 3.8) is 0 Å². The molecule has 1 aromatic carbocycles. The minimum Gasteiger partial charge on any atom is -0.372 e. The van der Waals surface area contributed by atoms with Crippen LogP contribution < -0.4 is 5.73 Å². The van der Waals surface area contributed by atoms with Gasteiger partial charge in [-0.3, -0.25) is 0 Å². The van der Waals surface area contributed by atoms with Crippen molar-refractivity contribution in [2.24, 2.45) is 5.73 Å². The van der Waals surface area contributed by atoms with Gasteiger partial charge in [-0.1, -0.05) is 24.3 Å². The molecule has 0 fully saturated rings. The monoisotopic (exact) mass is 193 g/mol. The van der Waals surface area contributed by atoms with Gasteiger partial charge in [-0.25, -0.2) is 0 Å². The Kier molecular flexibility index (Phi) is 4.11. The maximum atomic E-state index is 5.90. The van der Waals surface area contributed by atoms with Crippen LogP contribution in [0.4, 0.5) is 0 Å². The number of ether oxygens (including phenoxy) is 1. The Morgan fingerprint density at radius 1 is 1.36 bits per heavy atom. The van der Waals surface area contributed by atoms with Gasteiger partial charge >= 0.3 is 0 Å². The molecule has 0 aliphatic rings. The minimum atomic E-state index is 0.0150. The highest BCUT2D eigenvalue weighted by Gasteiger charge is 2.17. The smallest absolute Gasteiger partial charge is 0.0975 e. The van der Waals surface area contributed by atoms with E-state index in [1.807, 2.05) is 26.0 Å². The summed E-state index contributed by atoms with van der Waals surface area (Å²) in [6, 6.07) is 8.25. The molecule has 0 saturated carbocycles. The van der Waals surface area contributed by atoms with Gasteiger partial charge in [-0.2, -0.15) is 0 Å². The number of rotatable bonds is 4. The lowest BCUT2D eigenvalue weighted by molar-refractivity contribution is 0.0471. The summed E-state index contributed by atoms with van der Waals surface area (Å²) in [7, 11) is 0. The zero-order valence-corrected chi connectivity index (χ0v) is 9.16. The fraction of sp³-hybridized carbons (Fsp3) is 0.500. The van der Waals surface area contributed by atoms with E-state index in [2.05, 4.69) is 19.1 Å². The zero-order valence-electron chi connectivity index (χ0n) is 9.16. The summed E-state index contributed by atoms with van der Waals surface area (Å²) < 4.78 is 5.65. The molecular formula is C12H19NO. The molecule has 2 N–H and O–H groups in total. The van der Waals surface area contributed by atoms with Crippen LogP contribution in [0.3, 0.4) is 0 Å². The Hall–Kier alpha value is -0.860. The molecule has 0 radical (unpaired) electrons. The second-order valence-corrected chi connectivity index (χ2v) is 3.59. The molecule has 78 valence electrons. The van der Waals surface area contributed by atoms with Crippen LogP contribution in [0.25, 0.3) is 0 Å². The SMILES string of the molecule is CCOC(c1ccccc1C)C(C)N. The van der Waals surface area contributed by atoms with Crippen LogP contribution in [0.1, 0.15) is 31.1 Å². The summed E-state index contributed by atoms with van der Waals surface area (Å²) in [5.41, 5.74) is 8.34. The van der Waals surface area contributed by atoms with Gasteiger partial charge in [0.1, 0.15) is 0 Å². The maximum absolute atomic E-state index is 5.90. The van der Waals surface area contributed by atoms with Crippen LogP contribution >= 0.6 is 0 Å². The molecule has 1 rings (SSSR count). The number of nitrogens with two attached hydrogens (primary N) is 1. The third-order valence-electron chi connectivity index (χ3n) is 2.32. The van der Waals surface area contributed by atoms with Gasteiger partial charge in [0.05, 0.1) is 6.10 Å². The molecule has 14 heavy (non-hydrogen) atoms. The van der Waals surface area contributed by atoms with Crippen molar-refractivity contribution in [1.82, 2.24) is 0 Å². The van der Waals surface area contributed by atoms with E-state index < -0.39 is 0 Å². The van der Waals surface area contributed by atoms with Crippen molar-refractivity contribution in [3.05, 3.63) is 35.4 Å². The summed E-state index contributed by atoms with van der Waals surface area (Å²) in [6.45, 7) is 6.75. The van der Waals surface area contributed by atoms with Crippen molar-refractivity contribution in [3.8, 4) is 0 Å². The molecule has 2 unspecified atom stereocenters. The van der Waals surface area contributed by atoms with E-state index in [1.165, 1.54) is 11.1 Å². The fourth-order valence-electron chi connectivity index (χ4n) is 1.61. The number of hydrogen-bond donors (Lipinski definition) is 1. The summed E-state index contributed by atoms with van der Waals surface area (Å²) in [5.74, 6) is 0. The average molecular weight is 193 g/mol. The van der Waals surface area contributed by atoms with E-state index in [4.69, 9.17) is 10.5 Å². The highest BCUT2D eigenvalue weighted by atomic mass is 16.5. The number of benzene rings is 1. The average Bonchev–Trinajstić information content (AvgIpc) is 2.15. The highest BCUT2D eigenvalue weighted by molar-refractivity contribution is 5.28. The third-order valence-corrected chi connectivity index (χ3v) is 2.32. The Labute approximate surface area is 86.1 Å². The van der Waals surface area contributed by atoms with Crippen molar-refractivity contribution < 1.29 is 4.74 Å². The lowest BCUT2D eigenvalue weighted by Crippen LogP contribution is -2.27. The van der Waals surface area contributed by atoms with Crippen LogP contribution in [-0.4, -0.2) is 12.6 Å². The van der Waals surface area contributed by atoms with Gasteiger partial charge in [0.2, 0.25) is 0 Å². The van der Waals surface area contributed by atoms with Gasteiger partial charge in [0.25, 0.3) is 0 Å². The normalized spacial score (nSPS) is 15.1. The first kappa shape index (κ1) is 11.2. The van der Waals surface area contributed by atoms with E-state index in [0.29, 0.717) is 6.61 Å². The molecule has 0 aliphatic heterocycles. The van der Waals surface area contributed by atoms with Gasteiger partial charge in [-0.15, -0.1) is 0 Å². The molecule has 1 aromatic rings. The van der Waals surface area contributed by atoms with Crippen molar-refractivity contribution in [1.29, 1.82) is 0 Å². The second-order valence-electron chi connectivity index (χ2n) is 3.59. The number of hydrogen-bond acceptors (Lipinski definition) is 2. The topological polar surface area (TPSA) is 35.2 Å². The highest BCUT2D eigenvalue weighted by Crippen LogP contribution is 2.23. The van der Waals surface area contributed by atoms with Crippen molar-refractivity contribution in [2.45, 2.75) is 32.9 Å². The molecule has 0 aromatic heterocycles. The van der Waals surface area contributed by atoms with Gasteiger partial charge < -0.3 is 10.5 Å². The van der Waals surface area contributed by atoms with Crippen LogP contribution in [0.2, 0.25) is 0 Å². The first-order valence-electron chi connectivity index (χ1n) is 5.09. The van der Waals surface area contributed by atoms with Crippen LogP contribution in [-0.2, 0) is 4.74 Å². The lowest BCUT2D eigenvalue weighted by Gasteiger charge is -2.22. The van der Waals surface area contributed by atoms with Crippen LogP contribution in [0.5, 0.6) is 0 Å². The zero-order chi connectivity index (χ0) is 10.6. The van der Waals surface area contributed by atoms with Gasteiger partial charge in [-0.05, 0) is 31.9 Å². The summed E-state index contributed by atoms with van der Waals surface area (Å²) in [5, 5.41) is 0. The number of aryl methyl sites for hydroxylation is 1. The first-order chi connectivity index (χ1) is 6.66. The molecule has 0 saturated heterocycles. The minimum absolute atomic E-state index is 0.0150. The maximum Gasteiger partial charge on any atom is 0.0975 e. The molecule has 0 aliphatic carbocycles. The van der Waals surface area contributed by atoms with E-state index in [0.717, 1.165) is 0 Å². The van der Waals surface area contributed by atoms with E-state index in [9.17, 15) is 0 Å². The fourth-order valence-corrected chi connectivity index (χ4v) is 1.61. The molecule has 0 spiro atoms. The second kappa shape index (κ2) is 5.13. The Morgan fingerprint density at radius 2 is 2.00 bits per heavy atom. The molecule has 0 bridgehead atoms. The molecule has 0 heterocycles. The summed E-state index contributed by atoms with van der Waals surface area (Å²) in [6.07, 6.45) is 0.0150. The lowest BCUT2D eigenvalue weighted by atomic mass is 9.99. The standard InChI is InChI=1S/C12H19NO/c1-4-14-12(10(3)13)11-8-6-5-7-9(11)2/h5-8,10,12H,4,13H2,1-3H3. The Balaban J connectivity index is 2.93. The Morgan fingerprint density at radius 3 is 2.50 bits per heavy atom. The molecule has 2 nitrogen and oxygen atoms in total. The van der Waals surface area contributed by atoms with Gasteiger partial charge in [0.15, 0.2) is 0 Å². The molecule has 2 atom stereocenters. The predicted octanol–water partition coefficient (Wildman–Crippen LogP) is 2.42. The van der Waals surface area contributed by atoms with Crippen molar-refractivity contribution >= 4 is 0 Å². The van der Waals surface area contributed by atoms with Crippen LogP contribution in [0, 0.1) is 6.92 Å². The molecule has 2 heteroatoms. The quantitative estimate of drug-likeness (QED) is 0.797. The van der Waals surface area contributed by atoms with Crippen LogP contribution in [0.15, 0.2) is 24.3 Å². The van der Waals surface area contributed by atoms with E-state index in [1.54, 1.807) is 0 Å². The predicted molar refractivity (Wildman–Crippen MR) is 59.2 cm³/mol.